The molecule has 1 fully saturated rings. The summed E-state index contributed by atoms with van der Waals surface area (Å²) in [4.78, 5) is 0. The fourth-order valence-electron chi connectivity index (χ4n) is 1.94. The summed E-state index contributed by atoms with van der Waals surface area (Å²) in [5, 5.41) is 3.98. The Morgan fingerprint density at radius 1 is 1.43 bits per heavy atom. The molecule has 1 aliphatic heterocycles. The molecule has 0 radical (unpaired) electrons. The van der Waals surface area contributed by atoms with Crippen molar-refractivity contribution in [2.24, 2.45) is 0 Å². The van der Waals surface area contributed by atoms with Crippen molar-refractivity contribution in [1.82, 2.24) is 5.32 Å². The van der Waals surface area contributed by atoms with E-state index >= 15 is 0 Å². The summed E-state index contributed by atoms with van der Waals surface area (Å²) in [6, 6.07) is 4.60. The van der Waals surface area contributed by atoms with Crippen LogP contribution in [0.2, 0.25) is 5.02 Å². The molecule has 1 atom stereocenters. The van der Waals surface area contributed by atoms with Crippen molar-refractivity contribution in [3.05, 3.63) is 34.6 Å². The summed E-state index contributed by atoms with van der Waals surface area (Å²) in [6.07, 6.45) is 2.23. The lowest BCUT2D eigenvalue weighted by Crippen LogP contribution is -2.28. The molecule has 1 heterocycles. The molecule has 3 heteroatoms. The molecule has 0 amide bonds. The van der Waals surface area contributed by atoms with Crippen LogP contribution >= 0.6 is 11.6 Å². The van der Waals surface area contributed by atoms with Crippen molar-refractivity contribution in [2.75, 3.05) is 13.1 Å². The van der Waals surface area contributed by atoms with Gasteiger partial charge in [0.05, 0.1) is 0 Å². The van der Waals surface area contributed by atoms with E-state index in [0.29, 0.717) is 10.9 Å². The Morgan fingerprint density at radius 2 is 2.29 bits per heavy atom. The number of hydrogen-bond acceptors (Lipinski definition) is 1. The van der Waals surface area contributed by atoms with E-state index < -0.39 is 0 Å². The Morgan fingerprint density at radius 3 is 3.00 bits per heavy atom. The quantitative estimate of drug-likeness (QED) is 0.757. The van der Waals surface area contributed by atoms with E-state index in [9.17, 15) is 4.39 Å². The molecule has 0 unspecified atom stereocenters. The molecule has 76 valence electrons. The average molecular weight is 214 g/mol. The van der Waals surface area contributed by atoms with Gasteiger partial charge in [0.1, 0.15) is 5.82 Å². The van der Waals surface area contributed by atoms with E-state index in [2.05, 4.69) is 5.32 Å². The number of halogens is 2. The molecule has 14 heavy (non-hydrogen) atoms. The van der Waals surface area contributed by atoms with Gasteiger partial charge in [0.2, 0.25) is 0 Å². The molecule has 0 spiro atoms. The van der Waals surface area contributed by atoms with Crippen LogP contribution in [0, 0.1) is 5.82 Å². The molecule has 1 N–H and O–H groups in total. The average Bonchev–Trinajstić information content (AvgIpc) is 2.23. The Hall–Kier alpha value is -0.600. The Balaban J connectivity index is 2.24. The van der Waals surface area contributed by atoms with Crippen molar-refractivity contribution in [2.45, 2.75) is 18.8 Å². The minimum absolute atomic E-state index is 0.199. The normalized spacial score (nSPS) is 22.3. The summed E-state index contributed by atoms with van der Waals surface area (Å²) < 4.78 is 13.0. The molecule has 2 rings (SSSR count). The third-order valence-electron chi connectivity index (χ3n) is 2.69. The number of hydrogen-bond donors (Lipinski definition) is 1. The van der Waals surface area contributed by atoms with E-state index in [1.54, 1.807) is 12.1 Å². The fraction of sp³-hybridized carbons (Fsp3) is 0.455. The molecule has 0 aliphatic carbocycles. The topological polar surface area (TPSA) is 12.0 Å². The fourth-order valence-corrected chi connectivity index (χ4v) is 2.22. The second-order valence-electron chi connectivity index (χ2n) is 3.71. The molecule has 0 saturated carbocycles. The first kappa shape index (κ1) is 9.94. The zero-order chi connectivity index (χ0) is 9.97. The molecular weight excluding hydrogens is 201 g/mol. The molecule has 1 aromatic rings. The van der Waals surface area contributed by atoms with Crippen molar-refractivity contribution in [3.63, 3.8) is 0 Å². The molecule has 1 aliphatic rings. The Labute approximate surface area is 88.3 Å². The van der Waals surface area contributed by atoms with E-state index in [1.165, 1.54) is 6.07 Å². The van der Waals surface area contributed by atoms with Gasteiger partial charge in [-0.3, -0.25) is 0 Å². The maximum Gasteiger partial charge on any atom is 0.123 e. The maximum absolute atomic E-state index is 13.0. The first-order chi connectivity index (χ1) is 6.77. The lowest BCUT2D eigenvalue weighted by molar-refractivity contribution is 0.460. The van der Waals surface area contributed by atoms with Crippen LogP contribution in [0.5, 0.6) is 0 Å². The van der Waals surface area contributed by atoms with Gasteiger partial charge in [-0.1, -0.05) is 11.6 Å². The number of piperidine rings is 1. The second-order valence-corrected chi connectivity index (χ2v) is 4.12. The first-order valence-corrected chi connectivity index (χ1v) is 5.31. The summed E-state index contributed by atoms with van der Waals surface area (Å²) in [6.45, 7) is 1.96. The number of benzene rings is 1. The van der Waals surface area contributed by atoms with Crippen LogP contribution in [0.4, 0.5) is 4.39 Å². The van der Waals surface area contributed by atoms with Gasteiger partial charge in [-0.15, -0.1) is 0 Å². The van der Waals surface area contributed by atoms with Crippen LogP contribution in [0.3, 0.4) is 0 Å². The summed E-state index contributed by atoms with van der Waals surface area (Å²) in [5.74, 6) is 0.168. The van der Waals surface area contributed by atoms with Crippen LogP contribution in [0.25, 0.3) is 0 Å². The second kappa shape index (κ2) is 4.28. The van der Waals surface area contributed by atoms with Gasteiger partial charge in [-0.05, 0) is 49.1 Å². The summed E-state index contributed by atoms with van der Waals surface area (Å²) in [5.41, 5.74) is 0.943. The van der Waals surface area contributed by atoms with Gasteiger partial charge in [-0.2, -0.15) is 0 Å². The van der Waals surface area contributed by atoms with Crippen LogP contribution < -0.4 is 5.32 Å². The van der Waals surface area contributed by atoms with Crippen molar-refractivity contribution in [3.8, 4) is 0 Å². The molecule has 1 nitrogen and oxygen atoms in total. The first-order valence-electron chi connectivity index (χ1n) is 4.93. The van der Waals surface area contributed by atoms with E-state index in [1.807, 2.05) is 0 Å². The summed E-state index contributed by atoms with van der Waals surface area (Å²) >= 11 is 6.04. The Kier molecular flexibility index (Phi) is 3.04. The zero-order valence-corrected chi connectivity index (χ0v) is 8.65. The van der Waals surface area contributed by atoms with Crippen LogP contribution in [-0.2, 0) is 0 Å². The molecule has 0 bridgehead atoms. The van der Waals surface area contributed by atoms with Gasteiger partial charge in [0.15, 0.2) is 0 Å². The minimum Gasteiger partial charge on any atom is -0.316 e. The zero-order valence-electron chi connectivity index (χ0n) is 7.89. The third kappa shape index (κ3) is 2.07. The van der Waals surface area contributed by atoms with E-state index in [0.717, 1.165) is 31.5 Å². The maximum atomic E-state index is 13.0. The predicted molar refractivity (Wildman–Crippen MR) is 56.3 cm³/mol. The number of nitrogens with one attached hydrogen (secondary N) is 1. The standard InChI is InChI=1S/C11H13ClFN/c12-11-4-3-9(13)6-10(11)8-2-1-5-14-7-8/h3-4,6,8,14H,1-2,5,7H2/t8-/m1/s1. The van der Waals surface area contributed by atoms with Crippen molar-refractivity contribution >= 4 is 11.6 Å². The lowest BCUT2D eigenvalue weighted by atomic mass is 9.91. The highest BCUT2D eigenvalue weighted by atomic mass is 35.5. The molecule has 0 aromatic heterocycles. The molecular formula is C11H13ClFN. The van der Waals surface area contributed by atoms with E-state index in [-0.39, 0.29) is 5.82 Å². The number of rotatable bonds is 1. The molecule has 1 aromatic carbocycles. The Bertz CT molecular complexity index is 321. The monoisotopic (exact) mass is 213 g/mol. The van der Waals surface area contributed by atoms with Crippen molar-refractivity contribution in [1.29, 1.82) is 0 Å². The lowest BCUT2D eigenvalue weighted by Gasteiger charge is -2.23. The SMILES string of the molecule is Fc1ccc(Cl)c([C@@H]2CCCNC2)c1. The van der Waals surface area contributed by atoms with Crippen LogP contribution in [0.15, 0.2) is 18.2 Å². The summed E-state index contributed by atoms with van der Waals surface area (Å²) in [7, 11) is 0. The van der Waals surface area contributed by atoms with Gasteiger partial charge in [0.25, 0.3) is 0 Å². The molecule has 1 saturated heterocycles. The van der Waals surface area contributed by atoms with E-state index in [4.69, 9.17) is 11.6 Å². The van der Waals surface area contributed by atoms with Crippen molar-refractivity contribution < 1.29 is 4.39 Å². The highest BCUT2D eigenvalue weighted by molar-refractivity contribution is 6.31. The smallest absolute Gasteiger partial charge is 0.123 e. The highest BCUT2D eigenvalue weighted by Crippen LogP contribution is 2.29. The largest absolute Gasteiger partial charge is 0.316 e. The minimum atomic E-state index is -0.199. The van der Waals surface area contributed by atoms with Gasteiger partial charge >= 0.3 is 0 Å². The highest BCUT2D eigenvalue weighted by Gasteiger charge is 2.17. The van der Waals surface area contributed by atoms with Crippen LogP contribution in [0.1, 0.15) is 24.3 Å². The third-order valence-corrected chi connectivity index (χ3v) is 3.04. The van der Waals surface area contributed by atoms with Crippen LogP contribution in [-0.4, -0.2) is 13.1 Å². The van der Waals surface area contributed by atoms with Gasteiger partial charge in [-0.25, -0.2) is 4.39 Å². The predicted octanol–water partition coefficient (Wildman–Crippen LogP) is 2.95. The van der Waals surface area contributed by atoms with Gasteiger partial charge in [0, 0.05) is 11.6 Å². The van der Waals surface area contributed by atoms with Gasteiger partial charge < -0.3 is 5.32 Å².